The van der Waals surface area contributed by atoms with E-state index in [2.05, 4.69) is 0 Å². The maximum atomic E-state index is 9.76. The summed E-state index contributed by atoms with van der Waals surface area (Å²) in [5.41, 5.74) is 0. The third-order valence-electron chi connectivity index (χ3n) is 0. The maximum Gasteiger partial charge on any atom is 2.00 e. The second kappa shape index (κ2) is 8.88. The minimum Gasteiger partial charge on any atom is -1.00 e. The average Bonchev–Trinajstić information content (AvgIpc) is 0.918. The van der Waals surface area contributed by atoms with Gasteiger partial charge in [0.25, 0.3) is 0 Å². The summed E-state index contributed by atoms with van der Waals surface area (Å²) in [6, 6.07) is 0. The normalized spacial score (nSPS) is 3.50. The summed E-state index contributed by atoms with van der Waals surface area (Å²) in [6.45, 7) is 0. The summed E-state index contributed by atoms with van der Waals surface area (Å²) < 4.78 is 19.5. The van der Waals surface area contributed by atoms with Gasteiger partial charge in [0.15, 0.2) is 0 Å². The van der Waals surface area contributed by atoms with Crippen molar-refractivity contribution >= 4 is 65.0 Å². The van der Waals surface area contributed by atoms with Gasteiger partial charge < -0.3 is 9.90 Å². The quantitative estimate of drug-likeness (QED) is 0.490. The zero-order valence-electron chi connectivity index (χ0n) is 4.17. The van der Waals surface area contributed by atoms with Crippen molar-refractivity contribution < 1.29 is 9.90 Å². The van der Waals surface area contributed by atoms with Crippen molar-refractivity contribution in [3.05, 3.63) is 0 Å². The Balaban J connectivity index is -0.00000000667. The molecular formula is H3AlBaF2. The monoisotopic (exact) mass is 206 g/mol. The Morgan fingerprint density at radius 1 is 1.50 bits per heavy atom. The zero-order valence-corrected chi connectivity index (χ0v) is 8.03. The van der Waals surface area contributed by atoms with E-state index < -0.39 is 16.1 Å². The van der Waals surface area contributed by atoms with Crippen LogP contribution in [0.4, 0.5) is 7.05 Å². The Morgan fingerprint density at radius 2 is 1.50 bits per heavy atom. The summed E-state index contributed by atoms with van der Waals surface area (Å²) in [5, 5.41) is 0. The molecule has 0 rings (SSSR count). The molecule has 0 spiro atoms. The van der Waals surface area contributed by atoms with Crippen molar-refractivity contribution in [1.82, 2.24) is 0 Å². The Bertz CT molecular complexity index is 11.5. The molecule has 0 aliphatic heterocycles. The molecule has 0 aromatic carbocycles. The van der Waals surface area contributed by atoms with E-state index in [-0.39, 0.29) is 51.7 Å². The van der Waals surface area contributed by atoms with Crippen LogP contribution in [0.3, 0.4) is 0 Å². The van der Waals surface area contributed by atoms with Crippen LogP contribution in [0.2, 0.25) is 0 Å². The molecule has 0 aliphatic carbocycles. The van der Waals surface area contributed by atoms with Crippen LogP contribution in [0.15, 0.2) is 0 Å². The van der Waals surface area contributed by atoms with Crippen LogP contribution in [-0.2, 0) is 0 Å². The van der Waals surface area contributed by atoms with Gasteiger partial charge >= 0.3 is 65.0 Å². The van der Waals surface area contributed by atoms with Crippen molar-refractivity contribution in [3.63, 3.8) is 0 Å². The molecule has 0 saturated carbocycles. The zero-order chi connectivity index (χ0) is 2.71. The molecular weight excluding hydrogens is 202 g/mol. The van der Waals surface area contributed by atoms with Crippen LogP contribution in [0.25, 0.3) is 0 Å². The molecule has 0 fully saturated rings. The van der Waals surface area contributed by atoms with E-state index in [0.717, 1.165) is 0 Å². The van der Waals surface area contributed by atoms with Gasteiger partial charge in [-0.2, -0.15) is 0 Å². The minimum absolute atomic E-state index is 0. The second-order valence-electron chi connectivity index (χ2n) is 0.101. The van der Waals surface area contributed by atoms with Crippen LogP contribution < -0.4 is 0 Å². The maximum absolute atomic E-state index is 9.76. The van der Waals surface area contributed by atoms with E-state index in [0.29, 0.717) is 0 Å². The van der Waals surface area contributed by atoms with Gasteiger partial charge in [0.05, 0.1) is 0 Å². The number of hydrogen-bond donors (Lipinski definition) is 0. The van der Waals surface area contributed by atoms with E-state index in [1.807, 2.05) is 0 Å². The van der Waals surface area contributed by atoms with Crippen molar-refractivity contribution in [2.24, 2.45) is 0 Å². The Kier molecular flexibility index (Phi) is 20.8. The predicted molar refractivity (Wildman–Crippen MR) is 17.3 cm³/mol. The van der Waals surface area contributed by atoms with Gasteiger partial charge in [0.1, 0.15) is 0 Å². The molecule has 0 N–H and O–H groups in total. The van der Waals surface area contributed by atoms with E-state index in [9.17, 15) is 7.05 Å². The molecule has 0 amide bonds. The number of halogens is 2. The SMILES string of the molecule is [Ba+2].[F][AlH][F].[H-].[H-]. The van der Waals surface area contributed by atoms with Crippen molar-refractivity contribution in [1.29, 1.82) is 0 Å². The van der Waals surface area contributed by atoms with Crippen LogP contribution in [-0.4, -0.2) is 65.0 Å². The molecule has 0 saturated heterocycles. The molecule has 0 atom stereocenters. The van der Waals surface area contributed by atoms with Gasteiger partial charge in [-0.25, -0.2) is 0 Å². The summed E-state index contributed by atoms with van der Waals surface area (Å²) in [5.74, 6) is 0. The van der Waals surface area contributed by atoms with Crippen molar-refractivity contribution in [2.75, 3.05) is 0 Å². The van der Waals surface area contributed by atoms with Gasteiger partial charge in [0, 0.05) is 0 Å². The Labute approximate surface area is 73.7 Å². The first kappa shape index (κ1) is 9.35. The third-order valence-corrected chi connectivity index (χ3v) is 0. The first-order valence-electron chi connectivity index (χ1n) is 0.535. The fourth-order valence-electron chi connectivity index (χ4n) is 0. The molecule has 0 aromatic heterocycles. The summed E-state index contributed by atoms with van der Waals surface area (Å²) in [6.07, 6.45) is 0. The summed E-state index contributed by atoms with van der Waals surface area (Å²) in [4.78, 5) is 0. The van der Waals surface area contributed by atoms with Gasteiger partial charge in [-0.3, -0.25) is 0 Å². The Morgan fingerprint density at radius 3 is 1.50 bits per heavy atom. The van der Waals surface area contributed by atoms with Gasteiger partial charge in [-0.05, 0) is 0 Å². The molecule has 0 unspecified atom stereocenters. The van der Waals surface area contributed by atoms with Gasteiger partial charge in [-0.15, -0.1) is 0 Å². The molecule has 0 radical (unpaired) electrons. The second-order valence-corrected chi connectivity index (χ2v) is 0.303. The van der Waals surface area contributed by atoms with Crippen molar-refractivity contribution in [2.45, 2.75) is 0 Å². The molecule has 4 heteroatoms. The Hall–Kier alpha value is 1.96. The fraction of sp³-hybridized carbons (Fsp3) is 0. The molecule has 0 heterocycles. The van der Waals surface area contributed by atoms with Gasteiger partial charge in [-0.1, -0.05) is 0 Å². The van der Waals surface area contributed by atoms with E-state index in [4.69, 9.17) is 0 Å². The minimum atomic E-state index is -2.58. The molecule has 0 bridgehead atoms. The predicted octanol–water partition coefficient (Wildman–Crippen LogP) is 0.0361. The molecule has 4 heavy (non-hydrogen) atoms. The number of rotatable bonds is 0. The van der Waals surface area contributed by atoms with Crippen LogP contribution >= 0.6 is 0 Å². The summed E-state index contributed by atoms with van der Waals surface area (Å²) in [7, 11) is 0. The molecule has 22 valence electrons. The third kappa shape index (κ3) is 9.03. The average molecular weight is 205 g/mol. The molecule has 0 aliphatic rings. The van der Waals surface area contributed by atoms with Crippen LogP contribution in [0.1, 0.15) is 2.85 Å². The van der Waals surface area contributed by atoms with Crippen molar-refractivity contribution in [3.8, 4) is 0 Å². The van der Waals surface area contributed by atoms with Gasteiger partial charge in [0.2, 0.25) is 0 Å². The topological polar surface area (TPSA) is 0 Å². The molecule has 0 nitrogen and oxygen atoms in total. The van der Waals surface area contributed by atoms with Crippen LogP contribution in [0.5, 0.6) is 0 Å². The number of hydrogen-bond acceptors (Lipinski definition) is 0. The largest absolute Gasteiger partial charge is 2.00 e. The fourth-order valence-corrected chi connectivity index (χ4v) is 0. The van der Waals surface area contributed by atoms with E-state index in [1.165, 1.54) is 0 Å². The smallest absolute Gasteiger partial charge is 1.00 e. The summed E-state index contributed by atoms with van der Waals surface area (Å²) >= 11 is -2.58. The first-order chi connectivity index (χ1) is 1.41. The van der Waals surface area contributed by atoms with E-state index >= 15 is 0 Å². The van der Waals surface area contributed by atoms with Crippen LogP contribution in [0, 0.1) is 0 Å². The first-order valence-corrected chi connectivity index (χ1v) is 1.60. The standard InChI is InChI=1S/Al.Ba.2FH.3H/h;;2*1H;;;/q2*+2;;;;2*-1/p-2. The molecule has 0 aromatic rings. The van der Waals surface area contributed by atoms with E-state index in [1.54, 1.807) is 0 Å².